The summed E-state index contributed by atoms with van der Waals surface area (Å²) in [7, 11) is -2.34. The molecule has 0 radical (unpaired) electrons. The molecular formula is C21H19ClN2O4S. The van der Waals surface area contributed by atoms with Crippen molar-refractivity contribution in [1.29, 1.82) is 0 Å². The molecule has 150 valence electrons. The van der Waals surface area contributed by atoms with Crippen LogP contribution in [0.1, 0.15) is 15.9 Å². The molecule has 3 aromatic carbocycles. The summed E-state index contributed by atoms with van der Waals surface area (Å²) in [5.74, 6) is 0.180. The van der Waals surface area contributed by atoms with Gasteiger partial charge in [0, 0.05) is 22.0 Å². The Morgan fingerprint density at radius 1 is 1.00 bits per heavy atom. The number of halogens is 1. The van der Waals surface area contributed by atoms with Crippen LogP contribution in [-0.4, -0.2) is 21.4 Å². The summed E-state index contributed by atoms with van der Waals surface area (Å²) >= 11 is 6.08. The predicted molar refractivity (Wildman–Crippen MR) is 114 cm³/mol. The molecule has 0 aliphatic heterocycles. The van der Waals surface area contributed by atoms with Gasteiger partial charge in [0.05, 0.1) is 12.0 Å². The van der Waals surface area contributed by atoms with Crippen LogP contribution in [0.15, 0.2) is 71.6 Å². The molecule has 0 bridgehead atoms. The minimum atomic E-state index is -3.87. The van der Waals surface area contributed by atoms with Gasteiger partial charge in [-0.1, -0.05) is 23.7 Å². The van der Waals surface area contributed by atoms with Crippen LogP contribution in [0.4, 0.5) is 11.4 Å². The highest BCUT2D eigenvalue weighted by molar-refractivity contribution is 7.92. The smallest absolute Gasteiger partial charge is 0.261 e. The zero-order valence-electron chi connectivity index (χ0n) is 15.8. The molecule has 0 atom stereocenters. The Kier molecular flexibility index (Phi) is 6.10. The number of rotatable bonds is 6. The molecule has 0 saturated carbocycles. The Morgan fingerprint density at radius 3 is 2.38 bits per heavy atom. The molecule has 0 aliphatic carbocycles. The predicted octanol–water partition coefficient (Wildman–Crippen LogP) is 4.71. The number of carbonyl (C=O) groups excluding carboxylic acids is 1. The van der Waals surface area contributed by atoms with E-state index in [4.69, 9.17) is 16.3 Å². The maximum Gasteiger partial charge on any atom is 0.261 e. The van der Waals surface area contributed by atoms with Crippen LogP contribution in [0.5, 0.6) is 5.75 Å². The van der Waals surface area contributed by atoms with Crippen molar-refractivity contribution < 1.29 is 17.9 Å². The highest BCUT2D eigenvalue weighted by atomic mass is 35.5. The Morgan fingerprint density at radius 2 is 1.69 bits per heavy atom. The second kappa shape index (κ2) is 8.55. The average molecular weight is 431 g/mol. The lowest BCUT2D eigenvalue weighted by Gasteiger charge is -2.12. The van der Waals surface area contributed by atoms with Gasteiger partial charge < -0.3 is 10.1 Å². The molecule has 3 rings (SSSR count). The molecule has 29 heavy (non-hydrogen) atoms. The highest BCUT2D eigenvalue weighted by Crippen LogP contribution is 2.24. The van der Waals surface area contributed by atoms with Crippen molar-refractivity contribution in [2.45, 2.75) is 11.8 Å². The first kappa shape index (κ1) is 20.7. The largest absolute Gasteiger partial charge is 0.497 e. The third-order valence-electron chi connectivity index (χ3n) is 4.26. The Balaban J connectivity index is 1.82. The lowest BCUT2D eigenvalue weighted by Crippen LogP contribution is -2.16. The van der Waals surface area contributed by atoms with Gasteiger partial charge in [-0.3, -0.25) is 9.52 Å². The van der Waals surface area contributed by atoms with E-state index in [-0.39, 0.29) is 10.5 Å². The first-order chi connectivity index (χ1) is 13.8. The van der Waals surface area contributed by atoms with Crippen molar-refractivity contribution >= 4 is 38.9 Å². The van der Waals surface area contributed by atoms with Gasteiger partial charge in [0.25, 0.3) is 15.9 Å². The molecule has 2 N–H and O–H groups in total. The second-order valence-electron chi connectivity index (χ2n) is 6.23. The van der Waals surface area contributed by atoms with Gasteiger partial charge in [0.2, 0.25) is 0 Å². The summed E-state index contributed by atoms with van der Waals surface area (Å²) in [6, 6.07) is 17.5. The molecule has 8 heteroatoms. The fourth-order valence-electron chi connectivity index (χ4n) is 2.61. The molecule has 0 spiro atoms. The van der Waals surface area contributed by atoms with E-state index in [1.165, 1.54) is 25.3 Å². The van der Waals surface area contributed by atoms with Crippen LogP contribution < -0.4 is 14.8 Å². The van der Waals surface area contributed by atoms with Crippen molar-refractivity contribution in [3.8, 4) is 5.75 Å². The van der Waals surface area contributed by atoms with Crippen molar-refractivity contribution in [3.05, 3.63) is 82.9 Å². The van der Waals surface area contributed by atoms with Crippen LogP contribution in [0, 0.1) is 6.92 Å². The molecule has 0 heterocycles. The van der Waals surface area contributed by atoms with Gasteiger partial charge in [0.15, 0.2) is 0 Å². The van der Waals surface area contributed by atoms with Crippen molar-refractivity contribution in [2.75, 3.05) is 17.1 Å². The third-order valence-corrected chi connectivity index (χ3v) is 6.05. The molecule has 3 aromatic rings. The number of hydrogen-bond donors (Lipinski definition) is 2. The lowest BCUT2D eigenvalue weighted by molar-refractivity contribution is 0.102. The van der Waals surface area contributed by atoms with Crippen LogP contribution in [0.2, 0.25) is 5.02 Å². The van der Waals surface area contributed by atoms with Crippen molar-refractivity contribution in [3.63, 3.8) is 0 Å². The fraction of sp³-hybridized carbons (Fsp3) is 0.0952. The summed E-state index contributed by atoms with van der Waals surface area (Å²) in [6.07, 6.45) is 0. The summed E-state index contributed by atoms with van der Waals surface area (Å²) in [6.45, 7) is 1.79. The van der Waals surface area contributed by atoms with Crippen LogP contribution in [0.3, 0.4) is 0 Å². The van der Waals surface area contributed by atoms with E-state index in [0.29, 0.717) is 22.1 Å². The minimum absolute atomic E-state index is 0.0243. The van der Waals surface area contributed by atoms with Crippen LogP contribution >= 0.6 is 11.6 Å². The molecule has 0 aliphatic rings. The van der Waals surface area contributed by atoms with E-state index in [9.17, 15) is 13.2 Å². The zero-order valence-corrected chi connectivity index (χ0v) is 17.3. The molecule has 0 aromatic heterocycles. The monoisotopic (exact) mass is 430 g/mol. The van der Waals surface area contributed by atoms with Crippen molar-refractivity contribution in [1.82, 2.24) is 0 Å². The molecule has 6 nitrogen and oxygen atoms in total. The van der Waals surface area contributed by atoms with Gasteiger partial charge in [-0.2, -0.15) is 0 Å². The fourth-order valence-corrected chi connectivity index (χ4v) is 3.89. The standard InChI is InChI=1S/C21H19ClN2O4S/c1-14-19(22)7-4-8-20(14)23-21(25)15-5-3-6-18(13-15)29(26,27)24-16-9-11-17(28-2)12-10-16/h3-13,24H,1-2H3,(H,23,25). The second-order valence-corrected chi connectivity index (χ2v) is 8.32. The minimum Gasteiger partial charge on any atom is -0.497 e. The topological polar surface area (TPSA) is 84.5 Å². The maximum atomic E-state index is 12.7. The number of amides is 1. The number of nitrogens with one attached hydrogen (secondary N) is 2. The number of methoxy groups -OCH3 is 1. The van der Waals surface area contributed by atoms with Gasteiger partial charge in [-0.15, -0.1) is 0 Å². The Bertz CT molecular complexity index is 1150. The highest BCUT2D eigenvalue weighted by Gasteiger charge is 2.17. The zero-order chi connectivity index (χ0) is 21.0. The van der Waals surface area contributed by atoms with Gasteiger partial charge in [-0.25, -0.2) is 8.42 Å². The Labute approximate surface area is 174 Å². The summed E-state index contributed by atoms with van der Waals surface area (Å²) < 4.78 is 32.9. The molecular weight excluding hydrogens is 412 g/mol. The van der Waals surface area contributed by atoms with Gasteiger partial charge in [-0.05, 0) is 67.1 Å². The molecule has 0 fully saturated rings. The quantitative estimate of drug-likeness (QED) is 0.593. The number of anilines is 2. The van der Waals surface area contributed by atoms with E-state index in [2.05, 4.69) is 10.0 Å². The van der Waals surface area contributed by atoms with Crippen LogP contribution in [-0.2, 0) is 10.0 Å². The first-order valence-corrected chi connectivity index (χ1v) is 10.5. The van der Waals surface area contributed by atoms with Gasteiger partial charge >= 0.3 is 0 Å². The van der Waals surface area contributed by atoms with E-state index in [1.54, 1.807) is 55.5 Å². The average Bonchev–Trinajstić information content (AvgIpc) is 2.72. The number of sulfonamides is 1. The number of ether oxygens (including phenoxy) is 1. The van der Waals surface area contributed by atoms with Crippen LogP contribution in [0.25, 0.3) is 0 Å². The normalized spacial score (nSPS) is 11.0. The third kappa shape index (κ3) is 4.88. The van der Waals surface area contributed by atoms with Gasteiger partial charge in [0.1, 0.15) is 5.75 Å². The van der Waals surface area contributed by atoms with E-state index >= 15 is 0 Å². The van der Waals surface area contributed by atoms with E-state index in [1.807, 2.05) is 0 Å². The SMILES string of the molecule is COc1ccc(NS(=O)(=O)c2cccc(C(=O)Nc3cccc(Cl)c3C)c2)cc1. The first-order valence-electron chi connectivity index (χ1n) is 8.63. The summed E-state index contributed by atoms with van der Waals surface area (Å²) in [5, 5.41) is 3.29. The van der Waals surface area contributed by atoms with E-state index in [0.717, 1.165) is 5.56 Å². The van der Waals surface area contributed by atoms with Crippen molar-refractivity contribution in [2.24, 2.45) is 0 Å². The molecule has 0 unspecified atom stereocenters. The molecule has 0 saturated heterocycles. The van der Waals surface area contributed by atoms with E-state index < -0.39 is 15.9 Å². The lowest BCUT2D eigenvalue weighted by atomic mass is 10.1. The number of carbonyl (C=O) groups is 1. The Hall–Kier alpha value is -3.03. The summed E-state index contributed by atoms with van der Waals surface area (Å²) in [4.78, 5) is 12.6. The maximum absolute atomic E-state index is 12.7. The number of benzene rings is 3. The summed E-state index contributed by atoms with van der Waals surface area (Å²) in [5.41, 5.74) is 1.89. The number of hydrogen-bond acceptors (Lipinski definition) is 4. The molecule has 1 amide bonds.